The standard InChI is InChI=1S/C18H22N2O2S/c1-18(2,3)16-10-14(11-19-12-16)13-20-17-7-5-4-6-15(17)8-9-23(20,21)22/h4-7,10-12H,8-9,13H2,1-3H3. The van der Waals surface area contributed by atoms with Crippen LogP contribution in [-0.4, -0.2) is 19.2 Å². The van der Waals surface area contributed by atoms with Gasteiger partial charge in [-0.2, -0.15) is 0 Å². The van der Waals surface area contributed by atoms with Crippen molar-refractivity contribution in [1.29, 1.82) is 0 Å². The van der Waals surface area contributed by atoms with Crippen molar-refractivity contribution < 1.29 is 8.42 Å². The first-order chi connectivity index (χ1) is 10.8. The maximum absolute atomic E-state index is 12.5. The second kappa shape index (κ2) is 5.64. The van der Waals surface area contributed by atoms with Crippen LogP contribution in [0.1, 0.15) is 37.5 Å². The molecule has 0 saturated heterocycles. The van der Waals surface area contributed by atoms with Gasteiger partial charge in [0.2, 0.25) is 10.0 Å². The first-order valence-electron chi connectivity index (χ1n) is 7.80. The summed E-state index contributed by atoms with van der Waals surface area (Å²) in [6, 6.07) is 9.78. The molecule has 0 saturated carbocycles. The molecule has 0 radical (unpaired) electrons. The predicted octanol–water partition coefficient (Wildman–Crippen LogP) is 3.27. The minimum absolute atomic E-state index is 0.0122. The summed E-state index contributed by atoms with van der Waals surface area (Å²) in [5.74, 6) is 0.163. The number of hydrogen-bond donors (Lipinski definition) is 0. The van der Waals surface area contributed by atoms with Crippen molar-refractivity contribution in [1.82, 2.24) is 4.98 Å². The number of aryl methyl sites for hydroxylation is 1. The molecule has 0 atom stereocenters. The normalized spacial score (nSPS) is 16.9. The lowest BCUT2D eigenvalue weighted by Crippen LogP contribution is -2.37. The first-order valence-corrected chi connectivity index (χ1v) is 9.41. The van der Waals surface area contributed by atoms with E-state index >= 15 is 0 Å². The van der Waals surface area contributed by atoms with Crippen LogP contribution >= 0.6 is 0 Å². The van der Waals surface area contributed by atoms with Gasteiger partial charge in [-0.3, -0.25) is 9.29 Å². The van der Waals surface area contributed by atoms with Crippen LogP contribution in [0, 0.1) is 0 Å². The van der Waals surface area contributed by atoms with Crippen LogP contribution in [0.3, 0.4) is 0 Å². The van der Waals surface area contributed by atoms with Crippen molar-refractivity contribution in [3.8, 4) is 0 Å². The third-order valence-electron chi connectivity index (χ3n) is 4.21. The van der Waals surface area contributed by atoms with E-state index in [1.165, 1.54) is 4.31 Å². The van der Waals surface area contributed by atoms with Gasteiger partial charge in [0.1, 0.15) is 0 Å². The molecule has 0 aliphatic carbocycles. The molecule has 0 fully saturated rings. The van der Waals surface area contributed by atoms with Gasteiger partial charge >= 0.3 is 0 Å². The second-order valence-corrected chi connectivity index (χ2v) is 9.05. The topological polar surface area (TPSA) is 50.3 Å². The summed E-state index contributed by atoms with van der Waals surface area (Å²) in [6.45, 7) is 6.71. The van der Waals surface area contributed by atoms with E-state index in [0.717, 1.165) is 22.4 Å². The molecule has 0 N–H and O–H groups in total. The Morgan fingerprint density at radius 3 is 2.65 bits per heavy atom. The number of nitrogens with zero attached hydrogens (tertiary/aromatic N) is 2. The van der Waals surface area contributed by atoms with Gasteiger partial charge < -0.3 is 0 Å². The fourth-order valence-corrected chi connectivity index (χ4v) is 4.32. The SMILES string of the molecule is CC(C)(C)c1cncc(CN2c3ccccc3CCS2(=O)=O)c1. The summed E-state index contributed by atoms with van der Waals surface area (Å²) in [4.78, 5) is 4.30. The highest BCUT2D eigenvalue weighted by atomic mass is 32.2. The van der Waals surface area contributed by atoms with Crippen molar-refractivity contribution in [3.05, 3.63) is 59.4 Å². The summed E-state index contributed by atoms with van der Waals surface area (Å²) >= 11 is 0. The summed E-state index contributed by atoms with van der Waals surface area (Å²) in [5, 5.41) is 0. The molecule has 0 amide bonds. The monoisotopic (exact) mass is 330 g/mol. The lowest BCUT2D eigenvalue weighted by molar-refractivity contribution is 0.583. The number of para-hydroxylation sites is 1. The van der Waals surface area contributed by atoms with Gasteiger partial charge in [0, 0.05) is 12.4 Å². The molecule has 0 unspecified atom stereocenters. The van der Waals surface area contributed by atoms with Crippen LogP contribution in [0.5, 0.6) is 0 Å². The molecule has 1 aliphatic rings. The van der Waals surface area contributed by atoms with Gasteiger partial charge in [0.25, 0.3) is 0 Å². The van der Waals surface area contributed by atoms with Gasteiger partial charge in [0.15, 0.2) is 0 Å². The van der Waals surface area contributed by atoms with E-state index in [0.29, 0.717) is 13.0 Å². The lowest BCUT2D eigenvalue weighted by atomic mass is 9.87. The highest BCUT2D eigenvalue weighted by Gasteiger charge is 2.29. The fraction of sp³-hybridized carbons (Fsp3) is 0.389. The van der Waals surface area contributed by atoms with Crippen LogP contribution < -0.4 is 4.31 Å². The van der Waals surface area contributed by atoms with Crippen molar-refractivity contribution in [2.24, 2.45) is 0 Å². The van der Waals surface area contributed by atoms with Crippen LogP contribution in [0.2, 0.25) is 0 Å². The number of anilines is 1. The van der Waals surface area contributed by atoms with E-state index in [1.54, 1.807) is 6.20 Å². The Kier molecular flexibility index (Phi) is 3.92. The lowest BCUT2D eigenvalue weighted by Gasteiger charge is -2.31. The molecule has 1 aliphatic heterocycles. The molecule has 23 heavy (non-hydrogen) atoms. The smallest absolute Gasteiger partial charge is 0.235 e. The molecular formula is C18H22N2O2S. The van der Waals surface area contributed by atoms with Crippen molar-refractivity contribution >= 4 is 15.7 Å². The minimum atomic E-state index is -3.28. The van der Waals surface area contributed by atoms with Gasteiger partial charge in [-0.25, -0.2) is 8.42 Å². The van der Waals surface area contributed by atoms with E-state index in [4.69, 9.17) is 0 Å². The Morgan fingerprint density at radius 2 is 1.91 bits per heavy atom. The zero-order valence-corrected chi connectivity index (χ0v) is 14.6. The van der Waals surface area contributed by atoms with Crippen molar-refractivity contribution in [3.63, 3.8) is 0 Å². The molecule has 0 spiro atoms. The highest BCUT2D eigenvalue weighted by molar-refractivity contribution is 7.92. The summed E-state index contributed by atoms with van der Waals surface area (Å²) in [7, 11) is -3.28. The Hall–Kier alpha value is -1.88. The number of rotatable bonds is 2. The van der Waals surface area contributed by atoms with Gasteiger partial charge in [0.05, 0.1) is 18.0 Å². The Bertz CT molecular complexity index is 823. The minimum Gasteiger partial charge on any atom is -0.265 e. The molecule has 0 bridgehead atoms. The van der Waals surface area contributed by atoms with Crippen molar-refractivity contribution in [2.75, 3.05) is 10.1 Å². The molecule has 122 valence electrons. The molecule has 3 rings (SSSR count). The zero-order chi connectivity index (χ0) is 16.7. The highest BCUT2D eigenvalue weighted by Crippen LogP contribution is 2.31. The first kappa shape index (κ1) is 16.0. The van der Waals surface area contributed by atoms with Crippen LogP contribution in [0.25, 0.3) is 0 Å². The molecule has 2 aromatic rings. The number of benzene rings is 1. The Balaban J connectivity index is 1.99. The largest absolute Gasteiger partial charge is 0.265 e. The number of fused-ring (bicyclic) bond motifs is 1. The quantitative estimate of drug-likeness (QED) is 0.849. The Morgan fingerprint density at radius 1 is 1.17 bits per heavy atom. The van der Waals surface area contributed by atoms with Gasteiger partial charge in [-0.05, 0) is 34.6 Å². The van der Waals surface area contributed by atoms with E-state index in [-0.39, 0.29) is 11.2 Å². The van der Waals surface area contributed by atoms with Crippen LogP contribution in [0.4, 0.5) is 5.69 Å². The number of pyridine rings is 1. The number of sulfonamides is 1. The average Bonchev–Trinajstić information content (AvgIpc) is 2.50. The number of aromatic nitrogens is 1. The predicted molar refractivity (Wildman–Crippen MR) is 93.1 cm³/mol. The Labute approximate surface area is 138 Å². The third kappa shape index (κ3) is 3.24. The summed E-state index contributed by atoms with van der Waals surface area (Å²) < 4.78 is 26.6. The van der Waals surface area contributed by atoms with Crippen molar-refractivity contribution in [2.45, 2.75) is 39.2 Å². The average molecular weight is 330 g/mol. The van der Waals surface area contributed by atoms with Gasteiger partial charge in [-0.15, -0.1) is 0 Å². The second-order valence-electron chi connectivity index (χ2n) is 7.03. The molecule has 1 aromatic heterocycles. The van der Waals surface area contributed by atoms with Gasteiger partial charge in [-0.1, -0.05) is 45.0 Å². The summed E-state index contributed by atoms with van der Waals surface area (Å²) in [6.07, 6.45) is 4.18. The third-order valence-corrected chi connectivity index (χ3v) is 5.93. The molecule has 5 heteroatoms. The zero-order valence-electron chi connectivity index (χ0n) is 13.8. The van der Waals surface area contributed by atoms with E-state index in [9.17, 15) is 8.42 Å². The fourth-order valence-electron chi connectivity index (χ4n) is 2.80. The molecular weight excluding hydrogens is 308 g/mol. The maximum atomic E-state index is 12.5. The molecule has 2 heterocycles. The van der Waals surface area contributed by atoms with Crippen LogP contribution in [-0.2, 0) is 28.4 Å². The molecule has 1 aromatic carbocycles. The maximum Gasteiger partial charge on any atom is 0.235 e. The summed E-state index contributed by atoms with van der Waals surface area (Å²) in [5.41, 5.74) is 3.89. The van der Waals surface area contributed by atoms with E-state index in [1.807, 2.05) is 30.5 Å². The number of hydrogen-bond acceptors (Lipinski definition) is 3. The van der Waals surface area contributed by atoms with Crippen LogP contribution in [0.15, 0.2) is 42.7 Å². The van der Waals surface area contributed by atoms with E-state index < -0.39 is 10.0 Å². The van der Waals surface area contributed by atoms with E-state index in [2.05, 4.69) is 31.8 Å². The molecule has 4 nitrogen and oxygen atoms in total.